The van der Waals surface area contributed by atoms with E-state index in [2.05, 4.69) is 34.3 Å². The number of fused-ring (bicyclic) bond motifs is 1. The van der Waals surface area contributed by atoms with Crippen LogP contribution in [0.15, 0.2) is 61.1 Å². The summed E-state index contributed by atoms with van der Waals surface area (Å²) in [6.07, 6.45) is 9.25. The molecule has 0 unspecified atom stereocenters. The molecular formula is C25H22N4O. The quantitative estimate of drug-likeness (QED) is 0.417. The molecule has 0 radical (unpaired) electrons. The lowest BCUT2D eigenvalue weighted by molar-refractivity contribution is 0.340. The summed E-state index contributed by atoms with van der Waals surface area (Å²) in [6.45, 7) is 4.68. The molecule has 0 amide bonds. The molecule has 5 heteroatoms. The SMILES string of the molecule is CCOc1ccc(C=Cc2cncc(C#N)c2Nc2ccc3[nH]ccc3c2C)cc1. The average molecular weight is 394 g/mol. The van der Waals surface area contributed by atoms with Gasteiger partial charge in [-0.3, -0.25) is 4.98 Å². The zero-order valence-electron chi connectivity index (χ0n) is 16.9. The van der Waals surface area contributed by atoms with Gasteiger partial charge in [0, 0.05) is 40.7 Å². The summed E-state index contributed by atoms with van der Waals surface area (Å²) in [7, 11) is 0. The van der Waals surface area contributed by atoms with E-state index in [1.807, 2.05) is 61.7 Å². The number of aryl methyl sites for hydroxylation is 1. The van der Waals surface area contributed by atoms with E-state index in [0.717, 1.165) is 44.7 Å². The zero-order valence-corrected chi connectivity index (χ0v) is 16.9. The van der Waals surface area contributed by atoms with Gasteiger partial charge in [-0.15, -0.1) is 0 Å². The van der Waals surface area contributed by atoms with E-state index in [4.69, 9.17) is 4.74 Å². The number of hydrogen-bond donors (Lipinski definition) is 2. The van der Waals surface area contributed by atoms with E-state index in [-0.39, 0.29) is 0 Å². The van der Waals surface area contributed by atoms with Gasteiger partial charge in [-0.05, 0) is 55.3 Å². The van der Waals surface area contributed by atoms with Crippen molar-refractivity contribution in [2.45, 2.75) is 13.8 Å². The predicted octanol–water partition coefficient (Wildman–Crippen LogP) is 6.06. The van der Waals surface area contributed by atoms with Crippen LogP contribution in [0.3, 0.4) is 0 Å². The number of nitrogens with zero attached hydrogens (tertiary/aromatic N) is 2. The van der Waals surface area contributed by atoms with Crippen molar-refractivity contribution in [3.05, 3.63) is 83.3 Å². The second-order valence-electron chi connectivity index (χ2n) is 6.90. The first-order chi connectivity index (χ1) is 14.7. The standard InChI is InChI=1S/C25H22N4O/c1-3-30-21-8-5-18(6-9-21)4-7-19-15-27-16-20(14-26)25(19)29-23-10-11-24-22(17(23)2)12-13-28-24/h4-13,15-16,28H,3H2,1-2H3,(H,27,29). The van der Waals surface area contributed by atoms with Gasteiger partial charge in [0.2, 0.25) is 0 Å². The van der Waals surface area contributed by atoms with Crippen LogP contribution in [0.25, 0.3) is 23.1 Å². The Hall–Kier alpha value is -4.04. The first-order valence-corrected chi connectivity index (χ1v) is 9.82. The molecule has 0 bridgehead atoms. The molecule has 0 aliphatic heterocycles. The van der Waals surface area contributed by atoms with Gasteiger partial charge in [-0.2, -0.15) is 5.26 Å². The molecule has 2 aromatic carbocycles. The molecule has 2 heterocycles. The molecule has 0 aliphatic carbocycles. The monoisotopic (exact) mass is 394 g/mol. The minimum atomic E-state index is 0.498. The molecule has 0 atom stereocenters. The third-order valence-corrected chi connectivity index (χ3v) is 5.01. The van der Waals surface area contributed by atoms with Gasteiger partial charge >= 0.3 is 0 Å². The van der Waals surface area contributed by atoms with Crippen LogP contribution in [0.1, 0.15) is 29.2 Å². The van der Waals surface area contributed by atoms with Crippen molar-refractivity contribution in [1.29, 1.82) is 5.26 Å². The van der Waals surface area contributed by atoms with Crippen LogP contribution in [-0.2, 0) is 0 Å². The van der Waals surface area contributed by atoms with Crippen LogP contribution < -0.4 is 10.1 Å². The third-order valence-electron chi connectivity index (χ3n) is 5.01. The van der Waals surface area contributed by atoms with Crippen LogP contribution >= 0.6 is 0 Å². The maximum Gasteiger partial charge on any atom is 0.119 e. The van der Waals surface area contributed by atoms with E-state index < -0.39 is 0 Å². The van der Waals surface area contributed by atoms with Crippen molar-refractivity contribution in [3.8, 4) is 11.8 Å². The lowest BCUT2D eigenvalue weighted by atomic mass is 10.1. The lowest BCUT2D eigenvalue weighted by Crippen LogP contribution is -1.99. The summed E-state index contributed by atoms with van der Waals surface area (Å²) in [6, 6.07) is 16.3. The highest BCUT2D eigenvalue weighted by Gasteiger charge is 2.11. The summed E-state index contributed by atoms with van der Waals surface area (Å²) in [5, 5.41) is 14.2. The number of nitriles is 1. The van der Waals surface area contributed by atoms with Crippen molar-refractivity contribution >= 4 is 34.4 Å². The van der Waals surface area contributed by atoms with Gasteiger partial charge in [-0.1, -0.05) is 24.3 Å². The van der Waals surface area contributed by atoms with E-state index in [9.17, 15) is 5.26 Å². The van der Waals surface area contributed by atoms with Gasteiger partial charge in [-0.25, -0.2) is 0 Å². The Morgan fingerprint density at radius 1 is 1.10 bits per heavy atom. The van der Waals surface area contributed by atoms with Gasteiger partial charge < -0.3 is 15.0 Å². The molecule has 4 rings (SSSR count). The number of aromatic amines is 1. The summed E-state index contributed by atoms with van der Waals surface area (Å²) in [5.41, 5.74) is 6.29. The molecule has 5 nitrogen and oxygen atoms in total. The normalized spacial score (nSPS) is 11.0. The number of hydrogen-bond acceptors (Lipinski definition) is 4. The molecular weight excluding hydrogens is 372 g/mol. The fourth-order valence-corrected chi connectivity index (χ4v) is 3.41. The Balaban J connectivity index is 1.67. The fraction of sp³-hybridized carbons (Fsp3) is 0.120. The van der Waals surface area contributed by atoms with Gasteiger partial charge in [0.1, 0.15) is 11.8 Å². The lowest BCUT2D eigenvalue weighted by Gasteiger charge is -2.14. The van der Waals surface area contributed by atoms with Crippen LogP contribution in [0.4, 0.5) is 11.4 Å². The van der Waals surface area contributed by atoms with Crippen molar-refractivity contribution in [1.82, 2.24) is 9.97 Å². The van der Waals surface area contributed by atoms with Crippen LogP contribution in [0.2, 0.25) is 0 Å². The smallest absolute Gasteiger partial charge is 0.119 e. The highest BCUT2D eigenvalue weighted by Crippen LogP contribution is 2.31. The summed E-state index contributed by atoms with van der Waals surface area (Å²) in [5.74, 6) is 0.848. The second kappa shape index (κ2) is 8.54. The second-order valence-corrected chi connectivity index (χ2v) is 6.90. The minimum absolute atomic E-state index is 0.498. The fourth-order valence-electron chi connectivity index (χ4n) is 3.41. The molecule has 4 aromatic rings. The molecule has 0 spiro atoms. The van der Waals surface area contributed by atoms with E-state index in [1.165, 1.54) is 0 Å². The highest BCUT2D eigenvalue weighted by atomic mass is 16.5. The number of aromatic nitrogens is 2. The molecule has 2 N–H and O–H groups in total. The van der Waals surface area contributed by atoms with Crippen molar-refractivity contribution in [2.24, 2.45) is 0 Å². The van der Waals surface area contributed by atoms with Crippen molar-refractivity contribution in [2.75, 3.05) is 11.9 Å². The average Bonchev–Trinajstić information content (AvgIpc) is 3.25. The first kappa shape index (κ1) is 19.3. The highest BCUT2D eigenvalue weighted by molar-refractivity contribution is 5.90. The number of H-pyrrole nitrogens is 1. The Kier molecular flexibility index (Phi) is 5.49. The number of nitrogens with one attached hydrogen (secondary N) is 2. The van der Waals surface area contributed by atoms with E-state index in [0.29, 0.717) is 12.2 Å². The molecule has 0 saturated carbocycles. The molecule has 2 aromatic heterocycles. The maximum atomic E-state index is 9.62. The molecule has 0 fully saturated rings. The van der Waals surface area contributed by atoms with Crippen molar-refractivity contribution in [3.63, 3.8) is 0 Å². The van der Waals surface area contributed by atoms with Gasteiger partial charge in [0.15, 0.2) is 0 Å². The topological polar surface area (TPSA) is 73.7 Å². The predicted molar refractivity (Wildman–Crippen MR) is 122 cm³/mol. The molecule has 148 valence electrons. The van der Waals surface area contributed by atoms with Gasteiger partial charge in [0.25, 0.3) is 0 Å². The van der Waals surface area contributed by atoms with Crippen LogP contribution in [0.5, 0.6) is 5.75 Å². The van der Waals surface area contributed by atoms with E-state index in [1.54, 1.807) is 12.4 Å². The van der Waals surface area contributed by atoms with Crippen molar-refractivity contribution < 1.29 is 4.74 Å². The summed E-state index contributed by atoms with van der Waals surface area (Å²) < 4.78 is 5.49. The Morgan fingerprint density at radius 3 is 2.70 bits per heavy atom. The summed E-state index contributed by atoms with van der Waals surface area (Å²) >= 11 is 0. The van der Waals surface area contributed by atoms with Crippen LogP contribution in [-0.4, -0.2) is 16.6 Å². The van der Waals surface area contributed by atoms with Crippen LogP contribution in [0, 0.1) is 18.3 Å². The van der Waals surface area contributed by atoms with Gasteiger partial charge in [0.05, 0.1) is 17.9 Å². The largest absolute Gasteiger partial charge is 0.494 e. The number of anilines is 2. The molecule has 0 aliphatic rings. The minimum Gasteiger partial charge on any atom is -0.494 e. The Bertz CT molecular complexity index is 1250. The Morgan fingerprint density at radius 2 is 1.93 bits per heavy atom. The number of rotatable bonds is 6. The Labute approximate surface area is 175 Å². The third kappa shape index (κ3) is 3.89. The molecule has 30 heavy (non-hydrogen) atoms. The molecule has 0 saturated heterocycles. The number of ether oxygens (including phenoxy) is 1. The zero-order chi connectivity index (χ0) is 20.9. The number of pyridine rings is 1. The van der Waals surface area contributed by atoms with E-state index >= 15 is 0 Å². The summed E-state index contributed by atoms with van der Waals surface area (Å²) in [4.78, 5) is 7.46. The number of benzene rings is 2. The first-order valence-electron chi connectivity index (χ1n) is 9.82. The maximum absolute atomic E-state index is 9.62.